The van der Waals surface area contributed by atoms with Gasteiger partial charge in [-0.2, -0.15) is 0 Å². The summed E-state index contributed by atoms with van der Waals surface area (Å²) in [5, 5.41) is 13.5. The Hall–Kier alpha value is -3.01. The number of nitrogens with two attached hydrogens (primary N) is 1. The molecule has 3 heterocycles. The number of carboxylic acid groups (broad SMARTS) is 1. The molecule has 1 atom stereocenters. The van der Waals surface area contributed by atoms with Crippen molar-refractivity contribution in [2.75, 3.05) is 31.6 Å². The number of anilines is 1. The summed E-state index contributed by atoms with van der Waals surface area (Å²) in [6, 6.07) is 2.11. The minimum absolute atomic E-state index is 0.0450. The van der Waals surface area contributed by atoms with Crippen molar-refractivity contribution in [2.45, 2.75) is 18.9 Å². The number of carboxylic acids is 1. The number of rotatable bonds is 5. The Bertz CT molecular complexity index is 1050. The molecule has 9 nitrogen and oxygen atoms in total. The zero-order chi connectivity index (χ0) is 20.0. The lowest BCUT2D eigenvalue weighted by Crippen LogP contribution is -2.26. The molecule has 3 N–H and O–H groups in total. The van der Waals surface area contributed by atoms with Crippen LogP contribution >= 0.6 is 0 Å². The monoisotopic (exact) mass is 389 g/mol. The number of aromatic nitrogens is 2. The van der Waals surface area contributed by atoms with E-state index in [1.807, 2.05) is 0 Å². The highest BCUT2D eigenvalue weighted by Gasteiger charge is 2.33. The summed E-state index contributed by atoms with van der Waals surface area (Å²) in [4.78, 5) is 34.9. The second kappa shape index (κ2) is 6.86. The van der Waals surface area contributed by atoms with Crippen molar-refractivity contribution in [1.29, 1.82) is 0 Å². The molecule has 2 aromatic heterocycles. The van der Waals surface area contributed by atoms with E-state index in [9.17, 15) is 19.1 Å². The molecule has 148 valence electrons. The van der Waals surface area contributed by atoms with Gasteiger partial charge in [-0.05, 0) is 18.9 Å². The van der Waals surface area contributed by atoms with Crippen molar-refractivity contribution in [3.8, 4) is 0 Å². The number of fused-ring (bicyclic) bond motifs is 1. The largest absolute Gasteiger partial charge is 0.477 e. The molecular formula is C18H20FN5O4. The first-order valence-electron chi connectivity index (χ1n) is 8.98. The summed E-state index contributed by atoms with van der Waals surface area (Å²) in [7, 11) is 1.43. The first-order valence-corrected chi connectivity index (χ1v) is 8.98. The lowest BCUT2D eigenvalue weighted by molar-refractivity contribution is 0.0684. The number of aromatic carboxylic acids is 1. The van der Waals surface area contributed by atoms with E-state index in [-0.39, 0.29) is 41.0 Å². The maximum absolute atomic E-state index is 14.8. The Balaban J connectivity index is 1.88. The summed E-state index contributed by atoms with van der Waals surface area (Å²) in [6.07, 6.45) is 1.58. The number of carbonyl (C=O) groups is 1. The highest BCUT2D eigenvalue weighted by atomic mass is 19.1. The third kappa shape index (κ3) is 2.99. The number of halogens is 1. The van der Waals surface area contributed by atoms with Crippen molar-refractivity contribution < 1.29 is 19.1 Å². The van der Waals surface area contributed by atoms with Crippen LogP contribution in [0.5, 0.6) is 0 Å². The molecule has 2 fully saturated rings. The van der Waals surface area contributed by atoms with Crippen molar-refractivity contribution in [3.63, 3.8) is 0 Å². The summed E-state index contributed by atoms with van der Waals surface area (Å²) in [6.45, 7) is 1.02. The zero-order valence-electron chi connectivity index (χ0n) is 15.3. The third-order valence-corrected chi connectivity index (χ3v) is 5.15. The maximum Gasteiger partial charge on any atom is 0.352 e. The van der Waals surface area contributed by atoms with E-state index >= 15 is 0 Å². The first-order chi connectivity index (χ1) is 13.4. The average molecular weight is 389 g/mol. The van der Waals surface area contributed by atoms with Gasteiger partial charge in [0.1, 0.15) is 18.5 Å². The van der Waals surface area contributed by atoms with Gasteiger partial charge >= 0.3 is 5.97 Å². The molecule has 1 saturated carbocycles. The molecule has 1 aliphatic heterocycles. The molecule has 0 aromatic carbocycles. The van der Waals surface area contributed by atoms with Crippen LogP contribution in [0.25, 0.3) is 11.0 Å². The second-order valence-electron chi connectivity index (χ2n) is 7.04. The van der Waals surface area contributed by atoms with Gasteiger partial charge in [-0.25, -0.2) is 14.2 Å². The molecule has 4 rings (SSSR count). The predicted octanol–water partition coefficient (Wildman–Crippen LogP) is 0.966. The SMILES string of the molecule is CON=C1CN(c2nc3c(cc2F)c(=O)cc(C(=O)O)n3C2CC2)CC1CN. The van der Waals surface area contributed by atoms with Gasteiger partial charge in [-0.3, -0.25) is 4.79 Å². The maximum atomic E-state index is 14.8. The van der Waals surface area contributed by atoms with Crippen molar-refractivity contribution in [1.82, 2.24) is 9.55 Å². The molecule has 1 unspecified atom stereocenters. The van der Waals surface area contributed by atoms with Gasteiger partial charge in [0.25, 0.3) is 0 Å². The van der Waals surface area contributed by atoms with Crippen molar-refractivity contribution in [2.24, 2.45) is 16.8 Å². The Morgan fingerprint density at radius 2 is 2.21 bits per heavy atom. The summed E-state index contributed by atoms with van der Waals surface area (Å²) >= 11 is 0. The molecule has 28 heavy (non-hydrogen) atoms. The van der Waals surface area contributed by atoms with Gasteiger partial charge in [-0.15, -0.1) is 0 Å². The smallest absolute Gasteiger partial charge is 0.352 e. The average Bonchev–Trinajstić information content (AvgIpc) is 3.42. The highest BCUT2D eigenvalue weighted by Crippen LogP contribution is 2.38. The zero-order valence-corrected chi connectivity index (χ0v) is 15.3. The van der Waals surface area contributed by atoms with Crippen LogP contribution < -0.4 is 16.1 Å². The summed E-state index contributed by atoms with van der Waals surface area (Å²) < 4.78 is 16.4. The van der Waals surface area contributed by atoms with Crippen LogP contribution in [0, 0.1) is 11.7 Å². The van der Waals surface area contributed by atoms with Crippen molar-refractivity contribution >= 4 is 28.5 Å². The molecule has 0 bridgehead atoms. The molecule has 1 aliphatic carbocycles. The van der Waals surface area contributed by atoms with Crippen LogP contribution in [0.3, 0.4) is 0 Å². The molecule has 2 aliphatic rings. The molecule has 2 aromatic rings. The fourth-order valence-electron chi connectivity index (χ4n) is 3.66. The number of oxime groups is 1. The van der Waals surface area contributed by atoms with Gasteiger partial charge in [-0.1, -0.05) is 5.16 Å². The Morgan fingerprint density at radius 1 is 1.46 bits per heavy atom. The number of hydrogen-bond acceptors (Lipinski definition) is 7. The summed E-state index contributed by atoms with van der Waals surface area (Å²) in [5.74, 6) is -1.92. The topological polar surface area (TPSA) is 123 Å². The third-order valence-electron chi connectivity index (χ3n) is 5.15. The first kappa shape index (κ1) is 18.4. The van der Waals surface area contributed by atoms with Crippen LogP contribution in [0.1, 0.15) is 29.4 Å². The van der Waals surface area contributed by atoms with E-state index in [0.29, 0.717) is 18.8 Å². The fraction of sp³-hybridized carbons (Fsp3) is 0.444. The lowest BCUT2D eigenvalue weighted by atomic mass is 10.1. The van der Waals surface area contributed by atoms with Gasteiger partial charge in [0, 0.05) is 31.1 Å². The predicted molar refractivity (Wildman–Crippen MR) is 100 cm³/mol. The number of pyridine rings is 2. The van der Waals surface area contributed by atoms with E-state index in [2.05, 4.69) is 10.1 Å². The Labute approximate surface area is 159 Å². The lowest BCUT2D eigenvalue weighted by Gasteiger charge is -2.20. The molecule has 10 heteroatoms. The Morgan fingerprint density at radius 3 is 2.82 bits per heavy atom. The number of hydrogen-bond donors (Lipinski definition) is 2. The van der Waals surface area contributed by atoms with E-state index in [1.165, 1.54) is 11.7 Å². The van der Waals surface area contributed by atoms with E-state index in [1.54, 1.807) is 4.90 Å². The number of nitrogens with zero attached hydrogens (tertiary/aromatic N) is 4. The van der Waals surface area contributed by atoms with Crippen LogP contribution in [0.15, 0.2) is 22.1 Å². The highest BCUT2D eigenvalue weighted by molar-refractivity contribution is 5.94. The van der Waals surface area contributed by atoms with Gasteiger partial charge in [0.2, 0.25) is 0 Å². The summed E-state index contributed by atoms with van der Waals surface area (Å²) in [5.41, 5.74) is 5.96. The quantitative estimate of drug-likeness (QED) is 0.730. The second-order valence-corrected chi connectivity index (χ2v) is 7.04. The van der Waals surface area contributed by atoms with Crippen LogP contribution in [0.2, 0.25) is 0 Å². The minimum atomic E-state index is -1.21. The molecule has 0 radical (unpaired) electrons. The van der Waals surface area contributed by atoms with E-state index in [4.69, 9.17) is 10.6 Å². The molecule has 1 saturated heterocycles. The van der Waals surface area contributed by atoms with E-state index in [0.717, 1.165) is 25.0 Å². The molecular weight excluding hydrogens is 369 g/mol. The normalized spacial score (nSPS) is 20.9. The Kier molecular flexibility index (Phi) is 4.50. The molecule has 0 amide bonds. The van der Waals surface area contributed by atoms with Crippen LogP contribution in [-0.4, -0.2) is 53.1 Å². The van der Waals surface area contributed by atoms with Crippen molar-refractivity contribution in [3.05, 3.63) is 33.9 Å². The van der Waals surface area contributed by atoms with Gasteiger partial charge < -0.3 is 25.1 Å². The standard InChI is InChI=1S/C18H20FN5O4/c1-28-22-13-8-23(7-9(13)6-20)17-12(19)4-11-15(25)5-14(18(26)27)24(10-2-3-10)16(11)21-17/h4-5,9-10H,2-3,6-8,20H2,1H3,(H,26,27). The van der Waals surface area contributed by atoms with Gasteiger partial charge in [0.05, 0.1) is 17.6 Å². The fourth-order valence-corrected chi connectivity index (χ4v) is 3.66. The van der Waals surface area contributed by atoms with E-state index < -0.39 is 17.2 Å². The minimum Gasteiger partial charge on any atom is -0.477 e. The van der Waals surface area contributed by atoms with Crippen LogP contribution in [0.4, 0.5) is 10.2 Å². The van der Waals surface area contributed by atoms with Gasteiger partial charge in [0.15, 0.2) is 17.1 Å². The van der Waals surface area contributed by atoms with Crippen LogP contribution in [-0.2, 0) is 4.84 Å². The molecule has 0 spiro atoms.